The number of hydrogen-bond acceptors (Lipinski definition) is 3. The number of fused-ring (bicyclic) bond motifs is 1. The summed E-state index contributed by atoms with van der Waals surface area (Å²) in [5, 5.41) is 0.996. The quantitative estimate of drug-likeness (QED) is 0.784. The summed E-state index contributed by atoms with van der Waals surface area (Å²) in [6.45, 7) is 4.55. The van der Waals surface area contributed by atoms with Crippen LogP contribution in [0.1, 0.15) is 16.8 Å². The first-order chi connectivity index (χ1) is 10.2. The molecule has 3 heteroatoms. The lowest BCUT2D eigenvalue weighted by molar-refractivity contribution is 0.482. The van der Waals surface area contributed by atoms with Gasteiger partial charge in [0.15, 0.2) is 0 Å². The topological polar surface area (TPSA) is 48.1 Å². The summed E-state index contributed by atoms with van der Waals surface area (Å²) in [6.07, 6.45) is 0. The SMILES string of the molecule is Cc1cccc(Oc2cc(CN)nc3ccccc23)c1C. The van der Waals surface area contributed by atoms with E-state index in [0.29, 0.717) is 6.54 Å². The zero-order valence-corrected chi connectivity index (χ0v) is 12.3. The second-order valence-electron chi connectivity index (χ2n) is 5.13. The van der Waals surface area contributed by atoms with E-state index in [1.165, 1.54) is 5.56 Å². The van der Waals surface area contributed by atoms with Crippen molar-refractivity contribution in [3.8, 4) is 11.5 Å². The van der Waals surface area contributed by atoms with Gasteiger partial charge in [-0.2, -0.15) is 0 Å². The summed E-state index contributed by atoms with van der Waals surface area (Å²) in [7, 11) is 0. The molecule has 0 aliphatic heterocycles. The average Bonchev–Trinajstić information content (AvgIpc) is 2.51. The van der Waals surface area contributed by atoms with Gasteiger partial charge in [0.1, 0.15) is 11.5 Å². The van der Waals surface area contributed by atoms with Crippen molar-refractivity contribution in [3.63, 3.8) is 0 Å². The molecule has 106 valence electrons. The summed E-state index contributed by atoms with van der Waals surface area (Å²) in [6, 6.07) is 15.9. The van der Waals surface area contributed by atoms with Crippen LogP contribution in [0.2, 0.25) is 0 Å². The Labute approximate surface area is 124 Å². The number of nitrogens with two attached hydrogens (primary N) is 1. The van der Waals surface area contributed by atoms with Gasteiger partial charge in [-0.15, -0.1) is 0 Å². The van der Waals surface area contributed by atoms with Crippen molar-refractivity contribution >= 4 is 10.9 Å². The molecule has 0 amide bonds. The minimum atomic E-state index is 0.397. The highest BCUT2D eigenvalue weighted by Gasteiger charge is 2.09. The maximum Gasteiger partial charge on any atom is 0.138 e. The van der Waals surface area contributed by atoms with Crippen LogP contribution in [-0.2, 0) is 6.54 Å². The van der Waals surface area contributed by atoms with E-state index in [-0.39, 0.29) is 0 Å². The normalized spacial score (nSPS) is 10.8. The molecule has 0 fully saturated rings. The van der Waals surface area contributed by atoms with Gasteiger partial charge in [0.25, 0.3) is 0 Å². The van der Waals surface area contributed by atoms with Gasteiger partial charge in [-0.3, -0.25) is 4.98 Å². The molecule has 0 unspecified atom stereocenters. The first-order valence-corrected chi connectivity index (χ1v) is 7.02. The molecule has 21 heavy (non-hydrogen) atoms. The highest BCUT2D eigenvalue weighted by atomic mass is 16.5. The van der Waals surface area contributed by atoms with Gasteiger partial charge in [-0.1, -0.05) is 24.3 Å². The zero-order chi connectivity index (χ0) is 14.8. The molecule has 3 nitrogen and oxygen atoms in total. The molecule has 0 spiro atoms. The van der Waals surface area contributed by atoms with Crippen LogP contribution in [0.15, 0.2) is 48.5 Å². The van der Waals surface area contributed by atoms with Gasteiger partial charge in [-0.25, -0.2) is 0 Å². The molecule has 0 saturated heterocycles. The molecular formula is C18H18N2O. The summed E-state index contributed by atoms with van der Waals surface area (Å²) < 4.78 is 6.15. The molecule has 3 aromatic rings. The van der Waals surface area contributed by atoms with Crippen molar-refractivity contribution < 1.29 is 4.74 Å². The minimum Gasteiger partial charge on any atom is -0.456 e. The molecule has 0 aliphatic carbocycles. The smallest absolute Gasteiger partial charge is 0.138 e. The molecule has 1 heterocycles. The van der Waals surface area contributed by atoms with E-state index in [0.717, 1.165) is 33.7 Å². The fourth-order valence-electron chi connectivity index (χ4n) is 2.34. The molecular weight excluding hydrogens is 260 g/mol. The Hall–Kier alpha value is -2.39. The fourth-order valence-corrected chi connectivity index (χ4v) is 2.34. The van der Waals surface area contributed by atoms with E-state index in [1.54, 1.807) is 0 Å². The molecule has 1 aromatic heterocycles. The molecule has 2 aromatic carbocycles. The van der Waals surface area contributed by atoms with Gasteiger partial charge >= 0.3 is 0 Å². The highest BCUT2D eigenvalue weighted by Crippen LogP contribution is 2.32. The Morgan fingerprint density at radius 3 is 2.62 bits per heavy atom. The molecule has 0 bridgehead atoms. The third-order valence-corrected chi connectivity index (χ3v) is 3.72. The van der Waals surface area contributed by atoms with Crippen molar-refractivity contribution in [3.05, 3.63) is 65.4 Å². The van der Waals surface area contributed by atoms with Gasteiger partial charge in [-0.05, 0) is 43.2 Å². The lowest BCUT2D eigenvalue weighted by Gasteiger charge is -2.13. The van der Waals surface area contributed by atoms with Crippen molar-refractivity contribution in [2.75, 3.05) is 0 Å². The Balaban J connectivity index is 2.13. The largest absolute Gasteiger partial charge is 0.456 e. The molecule has 0 radical (unpaired) electrons. The molecule has 2 N–H and O–H groups in total. The first-order valence-electron chi connectivity index (χ1n) is 7.02. The van der Waals surface area contributed by atoms with Crippen LogP contribution >= 0.6 is 0 Å². The van der Waals surface area contributed by atoms with Crippen LogP contribution in [0.25, 0.3) is 10.9 Å². The summed E-state index contributed by atoms with van der Waals surface area (Å²) >= 11 is 0. The number of aryl methyl sites for hydroxylation is 1. The third kappa shape index (κ3) is 2.60. The molecule has 0 atom stereocenters. The fraction of sp³-hybridized carbons (Fsp3) is 0.167. The van der Waals surface area contributed by atoms with Crippen molar-refractivity contribution in [2.45, 2.75) is 20.4 Å². The van der Waals surface area contributed by atoms with E-state index in [1.807, 2.05) is 42.5 Å². The van der Waals surface area contributed by atoms with Gasteiger partial charge < -0.3 is 10.5 Å². The van der Waals surface area contributed by atoms with Crippen LogP contribution in [0, 0.1) is 13.8 Å². The maximum atomic E-state index is 6.15. The Morgan fingerprint density at radius 1 is 1.00 bits per heavy atom. The van der Waals surface area contributed by atoms with Crippen LogP contribution in [0.5, 0.6) is 11.5 Å². The number of hydrogen-bond donors (Lipinski definition) is 1. The number of nitrogens with zero attached hydrogens (tertiary/aromatic N) is 1. The maximum absolute atomic E-state index is 6.15. The monoisotopic (exact) mass is 278 g/mol. The van der Waals surface area contributed by atoms with Crippen LogP contribution in [-0.4, -0.2) is 4.98 Å². The van der Waals surface area contributed by atoms with Crippen molar-refractivity contribution in [2.24, 2.45) is 5.73 Å². The zero-order valence-electron chi connectivity index (χ0n) is 12.3. The summed E-state index contributed by atoms with van der Waals surface area (Å²) in [4.78, 5) is 4.53. The Morgan fingerprint density at radius 2 is 1.81 bits per heavy atom. The van der Waals surface area contributed by atoms with E-state index in [9.17, 15) is 0 Å². The van der Waals surface area contributed by atoms with E-state index in [2.05, 4.69) is 24.9 Å². The summed E-state index contributed by atoms with van der Waals surface area (Å²) in [5.41, 5.74) is 9.83. The summed E-state index contributed by atoms with van der Waals surface area (Å²) in [5.74, 6) is 1.67. The second kappa shape index (κ2) is 5.54. The predicted octanol–water partition coefficient (Wildman–Crippen LogP) is 4.10. The van der Waals surface area contributed by atoms with Crippen molar-refractivity contribution in [1.29, 1.82) is 0 Å². The number of pyridine rings is 1. The Bertz CT molecular complexity index is 796. The van der Waals surface area contributed by atoms with Crippen molar-refractivity contribution in [1.82, 2.24) is 4.98 Å². The number of aromatic nitrogens is 1. The Kier molecular flexibility index (Phi) is 3.59. The van der Waals surface area contributed by atoms with Crippen LogP contribution < -0.4 is 10.5 Å². The average molecular weight is 278 g/mol. The van der Waals surface area contributed by atoms with Gasteiger partial charge in [0, 0.05) is 18.0 Å². The van der Waals surface area contributed by atoms with E-state index in [4.69, 9.17) is 10.5 Å². The second-order valence-corrected chi connectivity index (χ2v) is 5.13. The van der Waals surface area contributed by atoms with Gasteiger partial charge in [0.2, 0.25) is 0 Å². The van der Waals surface area contributed by atoms with E-state index < -0.39 is 0 Å². The number of rotatable bonds is 3. The molecule has 0 aliphatic rings. The predicted molar refractivity (Wildman–Crippen MR) is 85.6 cm³/mol. The highest BCUT2D eigenvalue weighted by molar-refractivity contribution is 5.85. The van der Waals surface area contributed by atoms with Crippen LogP contribution in [0.4, 0.5) is 0 Å². The van der Waals surface area contributed by atoms with Gasteiger partial charge in [0.05, 0.1) is 11.2 Å². The molecule has 0 saturated carbocycles. The standard InChI is InChI=1S/C18H18N2O/c1-12-6-5-9-17(13(12)2)21-18-10-14(11-19)20-16-8-4-3-7-15(16)18/h3-10H,11,19H2,1-2H3. The lowest BCUT2D eigenvalue weighted by Crippen LogP contribution is -2.01. The number of benzene rings is 2. The third-order valence-electron chi connectivity index (χ3n) is 3.72. The number of para-hydroxylation sites is 1. The first kappa shape index (κ1) is 13.6. The van der Waals surface area contributed by atoms with E-state index >= 15 is 0 Å². The van der Waals surface area contributed by atoms with Crippen LogP contribution in [0.3, 0.4) is 0 Å². The lowest BCUT2D eigenvalue weighted by atomic mass is 10.1. The minimum absolute atomic E-state index is 0.397. The molecule has 3 rings (SSSR count). The number of ether oxygens (including phenoxy) is 1.